The number of hydrogen-bond acceptors (Lipinski definition) is 2. The molecule has 0 aliphatic heterocycles. The van der Waals surface area contributed by atoms with Crippen molar-refractivity contribution >= 4 is 22.8 Å². The predicted octanol–water partition coefficient (Wildman–Crippen LogP) is 5.45. The molecule has 0 unspecified atom stereocenters. The Morgan fingerprint density at radius 3 is 2.41 bits per heavy atom. The van der Waals surface area contributed by atoms with Crippen molar-refractivity contribution in [3.05, 3.63) is 59.3 Å². The molecule has 1 fully saturated rings. The van der Waals surface area contributed by atoms with E-state index in [-0.39, 0.29) is 52.5 Å². The Balaban J connectivity index is 1.92. The lowest BCUT2D eigenvalue weighted by Gasteiger charge is -2.23. The zero-order valence-electron chi connectivity index (χ0n) is 18.1. The summed E-state index contributed by atoms with van der Waals surface area (Å²) in [7, 11) is 0. The van der Waals surface area contributed by atoms with Crippen LogP contribution in [0.3, 0.4) is 0 Å². The Bertz CT molecular complexity index is 1280. The van der Waals surface area contributed by atoms with Crippen molar-refractivity contribution in [1.82, 2.24) is 9.47 Å². The maximum absolute atomic E-state index is 14.9. The zero-order chi connectivity index (χ0) is 24.8. The van der Waals surface area contributed by atoms with Crippen LogP contribution in [-0.4, -0.2) is 33.0 Å². The van der Waals surface area contributed by atoms with Gasteiger partial charge in [0.25, 0.3) is 0 Å². The fourth-order valence-corrected chi connectivity index (χ4v) is 4.11. The molecule has 0 saturated heterocycles. The van der Waals surface area contributed by atoms with Gasteiger partial charge < -0.3 is 14.6 Å². The second kappa shape index (κ2) is 8.73. The average molecular weight is 480 g/mol. The third kappa shape index (κ3) is 4.49. The van der Waals surface area contributed by atoms with Crippen LogP contribution in [0.5, 0.6) is 0 Å². The van der Waals surface area contributed by atoms with Gasteiger partial charge in [-0.2, -0.15) is 13.2 Å². The quantitative estimate of drug-likeness (QED) is 0.458. The summed E-state index contributed by atoms with van der Waals surface area (Å²) in [6, 6.07) is 4.96. The maximum atomic E-state index is 14.9. The standard InChI is InChI=1S/C24H21F5N2O3/c1-2-30(23(34)13-3-4-13)10-14-9-15(24(27,28)29)5-6-16(14)17-11-31(12-20(32)33)19-8-7-18(25)22(26)21(17)19/h5-9,11,13H,2-4,10,12H2,1H3,(H,32,33). The highest BCUT2D eigenvalue weighted by Gasteiger charge is 2.35. The lowest BCUT2D eigenvalue weighted by molar-refractivity contribution is -0.138. The zero-order valence-corrected chi connectivity index (χ0v) is 18.1. The van der Waals surface area contributed by atoms with E-state index in [0.29, 0.717) is 0 Å². The summed E-state index contributed by atoms with van der Waals surface area (Å²) < 4.78 is 70.6. The van der Waals surface area contributed by atoms with Gasteiger partial charge in [0, 0.05) is 36.2 Å². The van der Waals surface area contributed by atoms with Crippen molar-refractivity contribution in [1.29, 1.82) is 0 Å². The molecule has 0 bridgehead atoms. The third-order valence-corrected chi connectivity index (χ3v) is 5.95. The molecule has 180 valence electrons. The minimum absolute atomic E-state index is 0.0481. The normalized spacial score (nSPS) is 13.9. The number of rotatable bonds is 7. The van der Waals surface area contributed by atoms with Crippen molar-refractivity contribution < 1.29 is 36.6 Å². The van der Waals surface area contributed by atoms with Gasteiger partial charge in [-0.05, 0) is 55.2 Å². The van der Waals surface area contributed by atoms with Gasteiger partial charge in [-0.25, -0.2) is 8.78 Å². The fraction of sp³-hybridized carbons (Fsp3) is 0.333. The molecule has 1 N–H and O–H groups in total. The average Bonchev–Trinajstić information content (AvgIpc) is 3.56. The number of halogens is 5. The van der Waals surface area contributed by atoms with Crippen LogP contribution in [0.25, 0.3) is 22.0 Å². The molecule has 2 aromatic carbocycles. The second-order valence-corrected chi connectivity index (χ2v) is 8.32. The molecule has 1 saturated carbocycles. The molecule has 3 aromatic rings. The number of carbonyl (C=O) groups is 2. The van der Waals surface area contributed by atoms with Crippen LogP contribution in [0, 0.1) is 17.6 Å². The van der Waals surface area contributed by atoms with Crippen LogP contribution < -0.4 is 0 Å². The largest absolute Gasteiger partial charge is 0.480 e. The molecule has 1 amide bonds. The van der Waals surface area contributed by atoms with Crippen molar-refractivity contribution in [3.63, 3.8) is 0 Å². The first-order valence-electron chi connectivity index (χ1n) is 10.7. The Hall–Kier alpha value is -3.43. The number of amides is 1. The monoisotopic (exact) mass is 480 g/mol. The van der Waals surface area contributed by atoms with Gasteiger partial charge in [-0.3, -0.25) is 9.59 Å². The van der Waals surface area contributed by atoms with E-state index in [9.17, 15) is 36.6 Å². The van der Waals surface area contributed by atoms with E-state index < -0.39 is 35.9 Å². The topological polar surface area (TPSA) is 62.5 Å². The molecule has 1 aromatic heterocycles. The fourth-order valence-electron chi connectivity index (χ4n) is 4.11. The highest BCUT2D eigenvalue weighted by molar-refractivity contribution is 5.98. The molecular formula is C24H21F5N2O3. The van der Waals surface area contributed by atoms with Gasteiger partial charge in [0.15, 0.2) is 11.6 Å². The summed E-state index contributed by atoms with van der Waals surface area (Å²) in [4.78, 5) is 25.4. The van der Waals surface area contributed by atoms with Gasteiger partial charge in [0.1, 0.15) is 6.54 Å². The number of carbonyl (C=O) groups excluding carboxylic acids is 1. The Labute approximate surface area is 191 Å². The SMILES string of the molecule is CCN(Cc1cc(C(F)(F)F)ccc1-c1cn(CC(=O)O)c2ccc(F)c(F)c12)C(=O)C1CC1. The molecule has 0 spiro atoms. The molecule has 5 nitrogen and oxygen atoms in total. The molecule has 1 heterocycles. The molecule has 1 aliphatic carbocycles. The summed E-state index contributed by atoms with van der Waals surface area (Å²) in [6.45, 7) is 1.25. The van der Waals surface area contributed by atoms with Gasteiger partial charge in [0.2, 0.25) is 5.91 Å². The minimum atomic E-state index is -4.65. The van der Waals surface area contributed by atoms with Crippen molar-refractivity contribution in [3.8, 4) is 11.1 Å². The molecule has 34 heavy (non-hydrogen) atoms. The van der Waals surface area contributed by atoms with Crippen molar-refractivity contribution in [2.45, 2.75) is 39.0 Å². The number of carboxylic acids is 1. The number of aliphatic carboxylic acids is 1. The highest BCUT2D eigenvalue weighted by atomic mass is 19.4. The summed E-state index contributed by atoms with van der Waals surface area (Å²) >= 11 is 0. The molecule has 4 rings (SSSR count). The van der Waals surface area contributed by atoms with Crippen LogP contribution in [0.2, 0.25) is 0 Å². The lowest BCUT2D eigenvalue weighted by atomic mass is 9.96. The second-order valence-electron chi connectivity index (χ2n) is 8.32. The maximum Gasteiger partial charge on any atom is 0.416 e. The molecular weight excluding hydrogens is 459 g/mol. The van der Waals surface area contributed by atoms with Gasteiger partial charge in [0.05, 0.1) is 11.1 Å². The number of carboxylic acid groups (broad SMARTS) is 1. The minimum Gasteiger partial charge on any atom is -0.480 e. The van der Waals surface area contributed by atoms with E-state index in [0.717, 1.165) is 37.1 Å². The van der Waals surface area contributed by atoms with Crippen LogP contribution >= 0.6 is 0 Å². The summed E-state index contributed by atoms with van der Waals surface area (Å²) in [5.74, 6) is -3.96. The van der Waals surface area contributed by atoms with E-state index in [2.05, 4.69) is 0 Å². The summed E-state index contributed by atoms with van der Waals surface area (Å²) in [6.07, 6.45) is -1.93. The number of aromatic nitrogens is 1. The van der Waals surface area contributed by atoms with Gasteiger partial charge >= 0.3 is 12.1 Å². The Kier molecular flexibility index (Phi) is 6.09. The van der Waals surface area contributed by atoms with E-state index in [1.165, 1.54) is 21.7 Å². The summed E-state index contributed by atoms with van der Waals surface area (Å²) in [5.41, 5.74) is -0.546. The first-order chi connectivity index (χ1) is 16.0. The van der Waals surface area contributed by atoms with Gasteiger partial charge in [-0.1, -0.05) is 6.07 Å². The first-order valence-corrected chi connectivity index (χ1v) is 10.7. The first kappa shape index (κ1) is 23.7. The molecule has 10 heteroatoms. The Morgan fingerprint density at radius 1 is 1.12 bits per heavy atom. The highest BCUT2D eigenvalue weighted by Crippen LogP contribution is 2.39. The van der Waals surface area contributed by atoms with Crippen molar-refractivity contribution in [2.75, 3.05) is 6.54 Å². The molecule has 0 radical (unpaired) electrons. The number of hydrogen-bond donors (Lipinski definition) is 1. The predicted molar refractivity (Wildman–Crippen MR) is 114 cm³/mol. The summed E-state index contributed by atoms with van der Waals surface area (Å²) in [5, 5.41) is 8.99. The number of alkyl halides is 3. The van der Waals surface area contributed by atoms with E-state index in [1.54, 1.807) is 6.92 Å². The number of benzene rings is 2. The van der Waals surface area contributed by atoms with Crippen LogP contribution in [0.1, 0.15) is 30.9 Å². The smallest absolute Gasteiger partial charge is 0.416 e. The lowest BCUT2D eigenvalue weighted by Crippen LogP contribution is -2.31. The number of fused-ring (bicyclic) bond motifs is 1. The van der Waals surface area contributed by atoms with E-state index in [4.69, 9.17) is 0 Å². The third-order valence-electron chi connectivity index (χ3n) is 5.95. The van der Waals surface area contributed by atoms with E-state index in [1.807, 2.05) is 0 Å². The number of nitrogens with zero attached hydrogens (tertiary/aromatic N) is 2. The Morgan fingerprint density at radius 2 is 1.82 bits per heavy atom. The van der Waals surface area contributed by atoms with Crippen LogP contribution in [0.4, 0.5) is 22.0 Å². The van der Waals surface area contributed by atoms with Crippen LogP contribution in [0.15, 0.2) is 36.5 Å². The van der Waals surface area contributed by atoms with Crippen molar-refractivity contribution in [2.24, 2.45) is 5.92 Å². The molecule has 1 aliphatic rings. The van der Waals surface area contributed by atoms with Gasteiger partial charge in [-0.15, -0.1) is 0 Å². The molecule has 0 atom stereocenters. The van der Waals surface area contributed by atoms with Crippen LogP contribution in [-0.2, 0) is 28.9 Å². The van der Waals surface area contributed by atoms with E-state index >= 15 is 0 Å².